The number of rotatable bonds is 7. The first-order valence-corrected chi connectivity index (χ1v) is 8.83. The number of carbonyl (C=O) groups is 2. The minimum Gasteiger partial charge on any atom is -0.461 e. The summed E-state index contributed by atoms with van der Waals surface area (Å²) in [5, 5.41) is 2.98. The summed E-state index contributed by atoms with van der Waals surface area (Å²) >= 11 is 0. The number of anilines is 1. The Labute approximate surface area is 154 Å². The molecule has 138 valence electrons. The molecule has 1 aromatic carbocycles. The average Bonchev–Trinajstić information content (AvgIpc) is 2.86. The first kappa shape index (κ1) is 19.5. The van der Waals surface area contributed by atoms with E-state index in [1.165, 1.54) is 0 Å². The van der Waals surface area contributed by atoms with E-state index in [4.69, 9.17) is 4.74 Å². The van der Waals surface area contributed by atoms with Crippen molar-refractivity contribution in [3.05, 3.63) is 65.0 Å². The van der Waals surface area contributed by atoms with Gasteiger partial charge in [-0.05, 0) is 44.4 Å². The molecule has 1 amide bonds. The van der Waals surface area contributed by atoms with E-state index in [2.05, 4.69) is 11.9 Å². The maximum atomic E-state index is 13.0. The zero-order chi connectivity index (χ0) is 19.3. The Bertz CT molecular complexity index is 834. The molecule has 0 fully saturated rings. The van der Waals surface area contributed by atoms with Crippen molar-refractivity contribution in [3.8, 4) is 0 Å². The van der Waals surface area contributed by atoms with Crippen LogP contribution in [-0.2, 0) is 17.7 Å². The maximum Gasteiger partial charge on any atom is 0.355 e. The number of para-hydroxylation sites is 1. The van der Waals surface area contributed by atoms with Gasteiger partial charge in [0.05, 0.1) is 12.2 Å². The third-order valence-electron chi connectivity index (χ3n) is 4.42. The molecule has 2 rings (SSSR count). The minimum atomic E-state index is -0.428. The monoisotopic (exact) mass is 354 g/mol. The first-order valence-electron chi connectivity index (χ1n) is 8.83. The van der Waals surface area contributed by atoms with Gasteiger partial charge in [0, 0.05) is 17.9 Å². The van der Waals surface area contributed by atoms with Crippen LogP contribution in [0.15, 0.2) is 36.9 Å². The van der Waals surface area contributed by atoms with Crippen LogP contribution in [0.3, 0.4) is 0 Å². The molecule has 5 nitrogen and oxygen atoms in total. The Morgan fingerprint density at radius 1 is 1.23 bits per heavy atom. The minimum absolute atomic E-state index is 0.228. The molecule has 5 heteroatoms. The van der Waals surface area contributed by atoms with Crippen LogP contribution in [0.25, 0.3) is 0 Å². The smallest absolute Gasteiger partial charge is 0.355 e. The van der Waals surface area contributed by atoms with Crippen LogP contribution in [-0.4, -0.2) is 23.1 Å². The van der Waals surface area contributed by atoms with Gasteiger partial charge in [-0.15, -0.1) is 6.58 Å². The molecule has 0 aliphatic rings. The van der Waals surface area contributed by atoms with Gasteiger partial charge in [0.1, 0.15) is 5.69 Å². The lowest BCUT2D eigenvalue weighted by Crippen LogP contribution is -2.15. The van der Waals surface area contributed by atoms with Gasteiger partial charge >= 0.3 is 5.97 Å². The largest absolute Gasteiger partial charge is 0.461 e. The van der Waals surface area contributed by atoms with Crippen LogP contribution in [0.2, 0.25) is 0 Å². The third kappa shape index (κ3) is 3.72. The highest BCUT2D eigenvalue weighted by atomic mass is 16.5. The van der Waals surface area contributed by atoms with Gasteiger partial charge in [0.2, 0.25) is 0 Å². The lowest BCUT2D eigenvalue weighted by atomic mass is 10.1. The fraction of sp³-hybridized carbons (Fsp3) is 0.333. The maximum absolute atomic E-state index is 13.0. The summed E-state index contributed by atoms with van der Waals surface area (Å²) in [6, 6.07) is 7.71. The fourth-order valence-electron chi connectivity index (χ4n) is 3.18. The predicted molar refractivity (Wildman–Crippen MR) is 104 cm³/mol. The zero-order valence-electron chi connectivity index (χ0n) is 15.9. The fourth-order valence-corrected chi connectivity index (χ4v) is 3.18. The zero-order valence-corrected chi connectivity index (χ0v) is 15.9. The van der Waals surface area contributed by atoms with Gasteiger partial charge in [0.15, 0.2) is 0 Å². The highest BCUT2D eigenvalue weighted by Gasteiger charge is 2.27. The number of carbonyl (C=O) groups excluding carboxylic acids is 2. The standard InChI is InChI=1S/C21H26N2O3/c1-6-13-23-15(5)18(14(4)19(23)21(25)26-8-3)20(24)22-17-12-10-9-11-16(17)7-2/h6,9-12H,1,7-8,13H2,2-5H3,(H,22,24). The second-order valence-electron chi connectivity index (χ2n) is 6.02. The van der Waals surface area contributed by atoms with Crippen molar-refractivity contribution in [2.24, 2.45) is 0 Å². The number of hydrogen-bond acceptors (Lipinski definition) is 3. The summed E-state index contributed by atoms with van der Waals surface area (Å²) in [6.07, 6.45) is 2.52. The Morgan fingerprint density at radius 2 is 1.92 bits per heavy atom. The van der Waals surface area contributed by atoms with Crippen LogP contribution in [0, 0.1) is 13.8 Å². The van der Waals surface area contributed by atoms with Crippen LogP contribution in [0.4, 0.5) is 5.69 Å². The van der Waals surface area contributed by atoms with E-state index in [0.717, 1.165) is 23.4 Å². The number of aromatic nitrogens is 1. The lowest BCUT2D eigenvalue weighted by Gasteiger charge is -2.10. The van der Waals surface area contributed by atoms with Crippen LogP contribution >= 0.6 is 0 Å². The molecule has 0 saturated heterocycles. The number of aryl methyl sites for hydroxylation is 1. The van der Waals surface area contributed by atoms with Gasteiger partial charge < -0.3 is 14.6 Å². The highest BCUT2D eigenvalue weighted by Crippen LogP contribution is 2.25. The molecule has 0 aliphatic heterocycles. The second kappa shape index (κ2) is 8.52. The third-order valence-corrected chi connectivity index (χ3v) is 4.42. The van der Waals surface area contributed by atoms with Gasteiger partial charge in [-0.1, -0.05) is 31.2 Å². The number of benzene rings is 1. The van der Waals surface area contributed by atoms with Crippen molar-refractivity contribution in [2.45, 2.75) is 40.7 Å². The molecule has 1 aromatic heterocycles. The van der Waals surface area contributed by atoms with Crippen molar-refractivity contribution in [1.82, 2.24) is 4.57 Å². The van der Waals surface area contributed by atoms with Crippen molar-refractivity contribution in [2.75, 3.05) is 11.9 Å². The molecule has 1 N–H and O–H groups in total. The molecule has 0 radical (unpaired) electrons. The molecule has 0 unspecified atom stereocenters. The summed E-state index contributed by atoms with van der Waals surface area (Å²) in [4.78, 5) is 25.4. The van der Waals surface area contributed by atoms with E-state index >= 15 is 0 Å². The number of ether oxygens (including phenoxy) is 1. The van der Waals surface area contributed by atoms with E-state index < -0.39 is 5.97 Å². The number of amides is 1. The summed E-state index contributed by atoms with van der Waals surface area (Å²) in [5.74, 6) is -0.655. The van der Waals surface area contributed by atoms with Crippen molar-refractivity contribution >= 4 is 17.6 Å². The number of nitrogens with one attached hydrogen (secondary N) is 1. The topological polar surface area (TPSA) is 60.3 Å². The summed E-state index contributed by atoms with van der Waals surface area (Å²) < 4.78 is 6.95. The second-order valence-corrected chi connectivity index (χ2v) is 6.02. The predicted octanol–water partition coefficient (Wildman–Crippen LogP) is 4.28. The van der Waals surface area contributed by atoms with E-state index in [-0.39, 0.29) is 12.5 Å². The van der Waals surface area contributed by atoms with E-state index in [9.17, 15) is 9.59 Å². The molecule has 0 saturated carbocycles. The quantitative estimate of drug-likeness (QED) is 0.596. The summed E-state index contributed by atoms with van der Waals surface area (Å²) in [6.45, 7) is 11.9. The number of hydrogen-bond donors (Lipinski definition) is 1. The van der Waals surface area contributed by atoms with Gasteiger partial charge in [-0.3, -0.25) is 4.79 Å². The Balaban J connectivity index is 2.48. The van der Waals surface area contributed by atoms with Gasteiger partial charge in [0.25, 0.3) is 5.91 Å². The summed E-state index contributed by atoms with van der Waals surface area (Å²) in [5.41, 5.74) is 4.09. The van der Waals surface area contributed by atoms with E-state index in [0.29, 0.717) is 23.4 Å². The van der Waals surface area contributed by atoms with Gasteiger partial charge in [-0.2, -0.15) is 0 Å². The Hall–Kier alpha value is -2.82. The molecule has 1 heterocycles. The molecule has 0 bridgehead atoms. The lowest BCUT2D eigenvalue weighted by molar-refractivity contribution is 0.0513. The molecular formula is C21H26N2O3. The molecule has 26 heavy (non-hydrogen) atoms. The number of esters is 1. The SMILES string of the molecule is C=CCn1c(C)c(C(=O)Nc2ccccc2CC)c(C)c1C(=O)OCC. The van der Waals surface area contributed by atoms with Crippen LogP contribution < -0.4 is 5.32 Å². The van der Waals surface area contributed by atoms with Crippen molar-refractivity contribution < 1.29 is 14.3 Å². The van der Waals surface area contributed by atoms with Crippen LogP contribution in [0.1, 0.15) is 51.5 Å². The normalized spacial score (nSPS) is 10.5. The molecular weight excluding hydrogens is 328 g/mol. The first-order chi connectivity index (χ1) is 12.5. The molecule has 0 atom stereocenters. The summed E-state index contributed by atoms with van der Waals surface area (Å²) in [7, 11) is 0. The number of nitrogens with zero attached hydrogens (tertiary/aromatic N) is 1. The van der Waals surface area contributed by atoms with Gasteiger partial charge in [-0.25, -0.2) is 4.79 Å². The highest BCUT2D eigenvalue weighted by molar-refractivity contribution is 6.08. The van der Waals surface area contributed by atoms with Crippen LogP contribution in [0.5, 0.6) is 0 Å². The average molecular weight is 354 g/mol. The molecule has 0 spiro atoms. The Kier molecular flexibility index (Phi) is 6.39. The molecule has 0 aliphatic carbocycles. The Morgan fingerprint density at radius 3 is 2.54 bits per heavy atom. The van der Waals surface area contributed by atoms with Crippen molar-refractivity contribution in [3.63, 3.8) is 0 Å². The van der Waals surface area contributed by atoms with E-state index in [1.807, 2.05) is 38.1 Å². The van der Waals surface area contributed by atoms with Crippen molar-refractivity contribution in [1.29, 1.82) is 0 Å². The number of allylic oxidation sites excluding steroid dienone is 1. The molecule has 2 aromatic rings. The van der Waals surface area contributed by atoms with E-state index in [1.54, 1.807) is 24.5 Å².